The monoisotopic (exact) mass is 447 g/mol. The predicted octanol–water partition coefficient (Wildman–Crippen LogP) is 1.72. The summed E-state index contributed by atoms with van der Waals surface area (Å²) in [6.45, 7) is 5.55. The summed E-state index contributed by atoms with van der Waals surface area (Å²) in [5, 5.41) is 0.339. The molecule has 166 valence electrons. The second kappa shape index (κ2) is 9.33. The summed E-state index contributed by atoms with van der Waals surface area (Å²) in [7, 11) is 1.71. The van der Waals surface area contributed by atoms with E-state index in [0.717, 1.165) is 39.1 Å². The number of halogens is 2. The van der Waals surface area contributed by atoms with Gasteiger partial charge in [0.05, 0.1) is 12.7 Å². The first-order valence-corrected chi connectivity index (χ1v) is 10.8. The first kappa shape index (κ1) is 21.7. The smallest absolute Gasteiger partial charge is 0.246 e. The molecule has 8 nitrogen and oxygen atoms in total. The fraction of sp³-hybridized carbons (Fsp3) is 0.476. The number of hydrogen-bond donors (Lipinski definition) is 1. The van der Waals surface area contributed by atoms with Gasteiger partial charge in [-0.1, -0.05) is 17.7 Å². The maximum Gasteiger partial charge on any atom is 0.246 e. The lowest BCUT2D eigenvalue weighted by atomic mass is 10.1. The zero-order valence-electron chi connectivity index (χ0n) is 17.6. The highest BCUT2D eigenvalue weighted by Gasteiger charge is 2.30. The van der Waals surface area contributed by atoms with Gasteiger partial charge in [0.25, 0.3) is 0 Å². The van der Waals surface area contributed by atoms with Gasteiger partial charge in [-0.2, -0.15) is 4.98 Å². The topological polar surface area (TPSA) is 81.8 Å². The lowest BCUT2D eigenvalue weighted by Crippen LogP contribution is -2.48. The van der Waals surface area contributed by atoms with E-state index in [-0.39, 0.29) is 19.0 Å². The van der Waals surface area contributed by atoms with Crippen molar-refractivity contribution in [1.29, 1.82) is 0 Å². The van der Waals surface area contributed by atoms with Crippen LogP contribution in [0.15, 0.2) is 24.4 Å². The van der Waals surface area contributed by atoms with Crippen molar-refractivity contribution in [2.45, 2.75) is 13.0 Å². The van der Waals surface area contributed by atoms with Crippen LogP contribution in [0.2, 0.25) is 5.02 Å². The zero-order chi connectivity index (χ0) is 22.0. The van der Waals surface area contributed by atoms with E-state index >= 15 is 0 Å². The molecule has 1 saturated heterocycles. The van der Waals surface area contributed by atoms with Crippen LogP contribution in [0.3, 0.4) is 0 Å². The van der Waals surface area contributed by atoms with Crippen LogP contribution < -0.4 is 20.4 Å². The maximum atomic E-state index is 14.4. The molecule has 2 aromatic rings. The van der Waals surface area contributed by atoms with Crippen LogP contribution in [-0.4, -0.2) is 73.6 Å². The first-order valence-electron chi connectivity index (χ1n) is 10.5. The van der Waals surface area contributed by atoms with Gasteiger partial charge in [0.2, 0.25) is 11.9 Å². The van der Waals surface area contributed by atoms with Crippen molar-refractivity contribution in [3.05, 3.63) is 40.8 Å². The molecule has 0 radical (unpaired) electrons. The normalized spacial score (nSPS) is 17.3. The third kappa shape index (κ3) is 4.73. The molecule has 0 bridgehead atoms. The highest BCUT2D eigenvalue weighted by atomic mass is 35.5. The molecule has 0 aliphatic carbocycles. The van der Waals surface area contributed by atoms with Crippen molar-refractivity contribution in [3.63, 3.8) is 0 Å². The fourth-order valence-electron chi connectivity index (χ4n) is 3.93. The third-order valence-corrected chi connectivity index (χ3v) is 6.04. The lowest BCUT2D eigenvalue weighted by Gasteiger charge is -2.37. The molecule has 10 heteroatoms. The molecule has 1 aromatic heterocycles. The molecule has 4 rings (SSSR count). The Morgan fingerprint density at radius 2 is 2.00 bits per heavy atom. The van der Waals surface area contributed by atoms with E-state index in [1.54, 1.807) is 35.2 Å². The molecule has 2 aliphatic heterocycles. The Labute approximate surface area is 186 Å². The molecule has 1 amide bonds. The fourth-order valence-corrected chi connectivity index (χ4v) is 4.09. The van der Waals surface area contributed by atoms with E-state index in [1.807, 2.05) is 0 Å². The van der Waals surface area contributed by atoms with Gasteiger partial charge in [0, 0.05) is 50.4 Å². The van der Waals surface area contributed by atoms with Gasteiger partial charge in [-0.15, -0.1) is 0 Å². The van der Waals surface area contributed by atoms with Crippen molar-refractivity contribution in [1.82, 2.24) is 14.9 Å². The summed E-state index contributed by atoms with van der Waals surface area (Å²) < 4.78 is 14.4. The Kier molecular flexibility index (Phi) is 6.54. The lowest BCUT2D eigenvalue weighted by molar-refractivity contribution is -0.117. The number of fused-ring (bicyclic) bond motifs is 1. The zero-order valence-corrected chi connectivity index (χ0v) is 18.4. The Morgan fingerprint density at radius 3 is 2.71 bits per heavy atom. The van der Waals surface area contributed by atoms with Crippen LogP contribution in [0, 0.1) is 5.82 Å². The molecular formula is C21H27ClFN7O. The van der Waals surface area contributed by atoms with Crippen molar-refractivity contribution >= 4 is 35.0 Å². The summed E-state index contributed by atoms with van der Waals surface area (Å²) in [5.41, 5.74) is 6.70. The van der Waals surface area contributed by atoms with Gasteiger partial charge in [0.1, 0.15) is 11.5 Å². The van der Waals surface area contributed by atoms with Crippen molar-refractivity contribution in [2.24, 2.45) is 5.73 Å². The largest absolute Gasteiger partial charge is 0.341 e. The van der Waals surface area contributed by atoms with Gasteiger partial charge in [0.15, 0.2) is 5.82 Å². The Bertz CT molecular complexity index is 951. The number of nitrogens with two attached hydrogens (primary N) is 1. The van der Waals surface area contributed by atoms with Crippen LogP contribution in [0.4, 0.5) is 21.8 Å². The highest BCUT2D eigenvalue weighted by molar-refractivity contribution is 6.30. The summed E-state index contributed by atoms with van der Waals surface area (Å²) in [4.78, 5) is 29.7. The number of carbonyl (C=O) groups is 1. The number of amides is 1. The van der Waals surface area contributed by atoms with E-state index in [4.69, 9.17) is 22.3 Å². The molecule has 0 spiro atoms. The number of hydrogen-bond acceptors (Lipinski definition) is 7. The molecular weight excluding hydrogens is 421 g/mol. The molecule has 3 heterocycles. The van der Waals surface area contributed by atoms with E-state index in [2.05, 4.69) is 14.8 Å². The van der Waals surface area contributed by atoms with Crippen molar-refractivity contribution < 1.29 is 9.18 Å². The Balaban J connectivity index is 1.56. The first-order chi connectivity index (χ1) is 15.0. The summed E-state index contributed by atoms with van der Waals surface area (Å²) in [6.07, 6.45) is 2.67. The van der Waals surface area contributed by atoms with E-state index in [1.165, 1.54) is 6.07 Å². The van der Waals surface area contributed by atoms with Crippen LogP contribution in [0.25, 0.3) is 0 Å². The molecule has 0 atom stereocenters. The Morgan fingerprint density at radius 1 is 1.23 bits per heavy atom. The van der Waals surface area contributed by atoms with E-state index in [0.29, 0.717) is 34.6 Å². The number of anilines is 3. The number of carbonyl (C=O) groups excluding carboxylic acids is 1. The van der Waals surface area contributed by atoms with Gasteiger partial charge in [-0.05, 0) is 31.6 Å². The number of aromatic nitrogens is 2. The summed E-state index contributed by atoms with van der Waals surface area (Å²) >= 11 is 5.88. The van der Waals surface area contributed by atoms with Gasteiger partial charge in [-0.3, -0.25) is 9.69 Å². The molecule has 2 aliphatic rings. The number of piperazine rings is 1. The molecule has 0 unspecified atom stereocenters. The van der Waals surface area contributed by atoms with Crippen molar-refractivity contribution in [2.75, 3.05) is 67.6 Å². The van der Waals surface area contributed by atoms with Gasteiger partial charge >= 0.3 is 0 Å². The van der Waals surface area contributed by atoms with E-state index < -0.39 is 5.82 Å². The number of rotatable bonds is 6. The molecule has 0 saturated carbocycles. The van der Waals surface area contributed by atoms with E-state index in [9.17, 15) is 9.18 Å². The maximum absolute atomic E-state index is 14.4. The summed E-state index contributed by atoms with van der Waals surface area (Å²) in [5.74, 6) is 0.767. The Hall–Kier alpha value is -2.49. The van der Waals surface area contributed by atoms with Crippen LogP contribution >= 0.6 is 11.6 Å². The van der Waals surface area contributed by atoms with Gasteiger partial charge < -0.3 is 20.4 Å². The SMILES string of the molecule is CN1C(=O)CN(Cc2ccc(Cl)cc2F)c2nc(N3CCN(CCCN)CC3)ncc21. The van der Waals surface area contributed by atoms with Crippen LogP contribution in [0.1, 0.15) is 12.0 Å². The number of likely N-dealkylation sites (N-methyl/N-ethyl adjacent to an activating group) is 1. The third-order valence-electron chi connectivity index (χ3n) is 5.81. The van der Waals surface area contributed by atoms with Crippen LogP contribution in [0.5, 0.6) is 0 Å². The predicted molar refractivity (Wildman–Crippen MR) is 120 cm³/mol. The number of nitrogens with zero attached hydrogens (tertiary/aromatic N) is 6. The van der Waals surface area contributed by atoms with Gasteiger partial charge in [-0.25, -0.2) is 9.37 Å². The molecule has 1 aromatic carbocycles. The minimum Gasteiger partial charge on any atom is -0.341 e. The average Bonchev–Trinajstić information content (AvgIpc) is 2.77. The molecule has 1 fully saturated rings. The standard InChI is InChI=1S/C21H27ClFN7O/c1-27-18-12-25-21(29-9-7-28(8-10-29)6-2-5-24)26-20(18)30(14-19(27)31)13-15-3-4-16(22)11-17(15)23/h3-4,11-12H,2,5-10,13-14,24H2,1H3. The molecule has 31 heavy (non-hydrogen) atoms. The highest BCUT2D eigenvalue weighted by Crippen LogP contribution is 2.33. The second-order valence-electron chi connectivity index (χ2n) is 7.89. The summed E-state index contributed by atoms with van der Waals surface area (Å²) in [6, 6.07) is 4.57. The second-order valence-corrected chi connectivity index (χ2v) is 8.33. The molecule has 2 N–H and O–H groups in total. The average molecular weight is 448 g/mol. The quantitative estimate of drug-likeness (QED) is 0.722. The number of benzene rings is 1. The van der Waals surface area contributed by atoms with Crippen molar-refractivity contribution in [3.8, 4) is 0 Å². The minimum atomic E-state index is -0.400. The van der Waals surface area contributed by atoms with Crippen LogP contribution in [-0.2, 0) is 11.3 Å². The minimum absolute atomic E-state index is 0.0910.